The van der Waals surface area contributed by atoms with E-state index in [1.165, 1.54) is 15.8 Å². The molecule has 0 aromatic carbocycles. The normalized spacial score (nSPS) is 18.0. The van der Waals surface area contributed by atoms with Gasteiger partial charge in [0.25, 0.3) is 0 Å². The largest absolute Gasteiger partial charge is 0.372 e. The molecule has 0 spiro atoms. The second kappa shape index (κ2) is 6.72. The minimum atomic E-state index is 0.262. The molecule has 0 saturated carbocycles. The van der Waals surface area contributed by atoms with Crippen molar-refractivity contribution in [3.05, 3.63) is 10.4 Å². The maximum atomic E-state index is 6.05. The Hall–Kier alpha value is -0.830. The molecule has 0 fully saturated rings. The Morgan fingerprint density at radius 1 is 1.20 bits per heavy atom. The molecule has 0 amide bonds. The van der Waals surface area contributed by atoms with Crippen LogP contribution >= 0.6 is 34.9 Å². The van der Waals surface area contributed by atoms with Crippen LogP contribution in [0.5, 0.6) is 0 Å². The molecule has 0 bridgehead atoms. The van der Waals surface area contributed by atoms with Gasteiger partial charge in [-0.25, -0.2) is 9.38 Å². The Balaban J connectivity index is 1.96. The number of fused-ring (bicyclic) bond motifs is 5. The summed E-state index contributed by atoms with van der Waals surface area (Å²) in [5.41, 5.74) is 2.31. The number of thioether (sulfide) groups is 2. The van der Waals surface area contributed by atoms with Crippen molar-refractivity contribution in [2.75, 3.05) is 6.26 Å². The molecule has 0 saturated heterocycles. The first-order valence-electron chi connectivity index (χ1n) is 8.51. The van der Waals surface area contributed by atoms with Crippen molar-refractivity contribution in [2.24, 2.45) is 5.92 Å². The molecule has 1 atom stereocenters. The summed E-state index contributed by atoms with van der Waals surface area (Å²) in [5, 5.41) is 12.5. The highest BCUT2D eigenvalue weighted by atomic mass is 32.2. The van der Waals surface area contributed by atoms with Crippen LogP contribution in [-0.2, 0) is 17.8 Å². The average Bonchev–Trinajstić information content (AvgIpc) is 3.13. The van der Waals surface area contributed by atoms with Gasteiger partial charge in [-0.2, -0.15) is 0 Å². The van der Waals surface area contributed by atoms with Crippen LogP contribution in [-0.4, -0.2) is 37.2 Å². The standard InChI is InChI=1S/C17H22N4OS3/c1-8(2)11-6-10-12(7-22-11)25-15-13(10)14-19-20-17(24-9(3)4)21(14)16(18-15)23-5/h8-9,11H,6-7H2,1-5H3. The summed E-state index contributed by atoms with van der Waals surface area (Å²) in [6.07, 6.45) is 3.25. The molecule has 1 aliphatic heterocycles. The average molecular weight is 395 g/mol. The minimum absolute atomic E-state index is 0.262. The van der Waals surface area contributed by atoms with Crippen LogP contribution in [0.1, 0.15) is 38.1 Å². The fraction of sp³-hybridized carbons (Fsp3) is 0.588. The van der Waals surface area contributed by atoms with Gasteiger partial charge in [0.15, 0.2) is 16.0 Å². The second-order valence-corrected chi connectivity index (χ2v) is 10.3. The van der Waals surface area contributed by atoms with Gasteiger partial charge in [-0.15, -0.1) is 21.5 Å². The van der Waals surface area contributed by atoms with Crippen molar-refractivity contribution in [3.8, 4) is 0 Å². The van der Waals surface area contributed by atoms with E-state index in [1.54, 1.807) is 34.9 Å². The maximum absolute atomic E-state index is 6.05. The Kier molecular flexibility index (Phi) is 4.72. The molecule has 4 heterocycles. The van der Waals surface area contributed by atoms with E-state index in [-0.39, 0.29) is 6.10 Å². The molecule has 0 aliphatic carbocycles. The molecule has 4 rings (SSSR count). The van der Waals surface area contributed by atoms with Gasteiger partial charge >= 0.3 is 0 Å². The lowest BCUT2D eigenvalue weighted by Gasteiger charge is -2.26. The SMILES string of the molecule is CSc1nc2sc3c(c2c2nnc(SC(C)C)n12)CC(C(C)C)OC3. The molecule has 0 N–H and O–H groups in total. The molecule has 0 radical (unpaired) electrons. The summed E-state index contributed by atoms with van der Waals surface area (Å²) < 4.78 is 8.18. The Bertz CT molecular complexity index is 931. The number of nitrogens with zero attached hydrogens (tertiary/aromatic N) is 4. The first kappa shape index (κ1) is 17.6. The monoisotopic (exact) mass is 394 g/mol. The van der Waals surface area contributed by atoms with E-state index < -0.39 is 0 Å². The van der Waals surface area contributed by atoms with Gasteiger partial charge in [0.1, 0.15) is 4.83 Å². The van der Waals surface area contributed by atoms with E-state index in [2.05, 4.69) is 48.5 Å². The number of aromatic nitrogens is 4. The van der Waals surface area contributed by atoms with Crippen molar-refractivity contribution >= 4 is 50.7 Å². The molecule has 3 aromatic rings. The molecule has 25 heavy (non-hydrogen) atoms. The molecule has 8 heteroatoms. The summed E-state index contributed by atoms with van der Waals surface area (Å²) in [7, 11) is 0. The van der Waals surface area contributed by atoms with Gasteiger partial charge < -0.3 is 4.74 Å². The van der Waals surface area contributed by atoms with Crippen molar-refractivity contribution in [2.45, 2.75) is 62.4 Å². The highest BCUT2D eigenvalue weighted by molar-refractivity contribution is 8.00. The van der Waals surface area contributed by atoms with E-state index >= 15 is 0 Å². The number of ether oxygens (including phenoxy) is 1. The summed E-state index contributed by atoms with van der Waals surface area (Å²) in [6.45, 7) is 9.47. The third-order valence-electron chi connectivity index (χ3n) is 4.42. The minimum Gasteiger partial charge on any atom is -0.372 e. The summed E-state index contributed by atoms with van der Waals surface area (Å²) >= 11 is 5.12. The molecule has 1 aliphatic rings. The molecule has 5 nitrogen and oxygen atoms in total. The summed E-state index contributed by atoms with van der Waals surface area (Å²) in [6, 6.07) is 0. The molecular weight excluding hydrogens is 372 g/mol. The van der Waals surface area contributed by atoms with Gasteiger partial charge in [-0.1, -0.05) is 51.2 Å². The number of rotatable bonds is 4. The maximum Gasteiger partial charge on any atom is 0.197 e. The van der Waals surface area contributed by atoms with Crippen LogP contribution in [0.25, 0.3) is 15.9 Å². The van der Waals surface area contributed by atoms with Crippen molar-refractivity contribution in [1.82, 2.24) is 19.6 Å². The third kappa shape index (κ3) is 2.97. The van der Waals surface area contributed by atoms with Gasteiger partial charge in [-0.05, 0) is 17.7 Å². The summed E-state index contributed by atoms with van der Waals surface area (Å²) in [4.78, 5) is 7.28. The number of hydrogen-bond acceptors (Lipinski definition) is 7. The fourth-order valence-corrected chi connectivity index (χ4v) is 5.74. The molecule has 3 aromatic heterocycles. The second-order valence-electron chi connectivity index (χ2n) is 6.89. The lowest BCUT2D eigenvalue weighted by Crippen LogP contribution is -2.26. The van der Waals surface area contributed by atoms with E-state index in [4.69, 9.17) is 9.72 Å². The Morgan fingerprint density at radius 2 is 2.00 bits per heavy atom. The molecule has 1 unspecified atom stereocenters. The zero-order chi connectivity index (χ0) is 17.7. The predicted octanol–water partition coefficient (Wildman–Crippen LogP) is 4.66. The van der Waals surface area contributed by atoms with Crippen LogP contribution in [0, 0.1) is 5.92 Å². The first-order valence-corrected chi connectivity index (χ1v) is 11.4. The third-order valence-corrected chi connectivity index (χ3v) is 7.10. The summed E-state index contributed by atoms with van der Waals surface area (Å²) in [5.74, 6) is 0.502. The van der Waals surface area contributed by atoms with Crippen LogP contribution in [0.15, 0.2) is 10.3 Å². The Labute approximate surface area is 160 Å². The zero-order valence-electron chi connectivity index (χ0n) is 15.1. The highest BCUT2D eigenvalue weighted by Gasteiger charge is 2.29. The lowest BCUT2D eigenvalue weighted by molar-refractivity contribution is 0.00203. The van der Waals surface area contributed by atoms with Gasteiger partial charge in [-0.3, -0.25) is 0 Å². The smallest absolute Gasteiger partial charge is 0.197 e. The van der Waals surface area contributed by atoms with Crippen molar-refractivity contribution in [3.63, 3.8) is 0 Å². The first-order chi connectivity index (χ1) is 12.0. The van der Waals surface area contributed by atoms with E-state index in [1.807, 2.05) is 0 Å². The van der Waals surface area contributed by atoms with E-state index in [0.29, 0.717) is 17.8 Å². The topological polar surface area (TPSA) is 52.3 Å². The molecular formula is C17H22N4OS3. The van der Waals surface area contributed by atoms with Crippen molar-refractivity contribution in [1.29, 1.82) is 0 Å². The Morgan fingerprint density at radius 3 is 2.68 bits per heavy atom. The number of thiophene rings is 1. The van der Waals surface area contributed by atoms with Gasteiger partial charge in [0, 0.05) is 16.5 Å². The highest BCUT2D eigenvalue weighted by Crippen LogP contribution is 2.40. The zero-order valence-corrected chi connectivity index (χ0v) is 17.5. The van der Waals surface area contributed by atoms with Crippen LogP contribution in [0.3, 0.4) is 0 Å². The molecule has 134 valence electrons. The van der Waals surface area contributed by atoms with Crippen molar-refractivity contribution < 1.29 is 4.74 Å². The quantitative estimate of drug-likeness (QED) is 0.474. The van der Waals surface area contributed by atoms with Crippen LogP contribution in [0.2, 0.25) is 0 Å². The van der Waals surface area contributed by atoms with Crippen LogP contribution in [0.4, 0.5) is 0 Å². The van der Waals surface area contributed by atoms with E-state index in [0.717, 1.165) is 27.2 Å². The fourth-order valence-electron chi connectivity index (χ4n) is 3.18. The van der Waals surface area contributed by atoms with Gasteiger partial charge in [0.05, 0.1) is 18.1 Å². The predicted molar refractivity (Wildman–Crippen MR) is 106 cm³/mol. The van der Waals surface area contributed by atoms with Crippen LogP contribution < -0.4 is 0 Å². The number of hydrogen-bond donors (Lipinski definition) is 0. The van der Waals surface area contributed by atoms with Gasteiger partial charge in [0.2, 0.25) is 0 Å². The van der Waals surface area contributed by atoms with E-state index in [9.17, 15) is 0 Å². The lowest BCUT2D eigenvalue weighted by atomic mass is 9.96.